The lowest BCUT2D eigenvalue weighted by atomic mass is 10.1. The van der Waals surface area contributed by atoms with Gasteiger partial charge in [0, 0.05) is 18.7 Å². The summed E-state index contributed by atoms with van der Waals surface area (Å²) in [6.07, 6.45) is 0. The molecular formula is C17H20N2O. The summed E-state index contributed by atoms with van der Waals surface area (Å²) in [6, 6.07) is 12.8. The lowest BCUT2D eigenvalue weighted by molar-refractivity contribution is 0.122. The van der Waals surface area contributed by atoms with E-state index in [0.717, 1.165) is 37.8 Å². The summed E-state index contributed by atoms with van der Waals surface area (Å²) in [4.78, 5) is 7.14. The summed E-state index contributed by atoms with van der Waals surface area (Å²) >= 11 is 0. The fourth-order valence-corrected chi connectivity index (χ4v) is 2.56. The van der Waals surface area contributed by atoms with Gasteiger partial charge >= 0.3 is 0 Å². The third-order valence-corrected chi connectivity index (χ3v) is 3.61. The minimum Gasteiger partial charge on any atom is -0.378 e. The van der Waals surface area contributed by atoms with Crippen molar-refractivity contribution in [1.29, 1.82) is 0 Å². The van der Waals surface area contributed by atoms with Crippen molar-refractivity contribution in [3.8, 4) is 11.3 Å². The first-order valence-electron chi connectivity index (χ1n) is 7.11. The molecule has 0 saturated carbocycles. The zero-order valence-electron chi connectivity index (χ0n) is 12.1. The number of ether oxygens (including phenoxy) is 1. The van der Waals surface area contributed by atoms with Gasteiger partial charge in [-0.1, -0.05) is 23.8 Å². The van der Waals surface area contributed by atoms with Crippen LogP contribution in [0.1, 0.15) is 11.1 Å². The SMILES string of the molecule is Cc1cccc(-c2cc(C)cc(N3CCOCC3)n2)c1. The van der Waals surface area contributed by atoms with Crippen LogP contribution in [0.3, 0.4) is 0 Å². The van der Waals surface area contributed by atoms with E-state index in [1.807, 2.05) is 0 Å². The quantitative estimate of drug-likeness (QED) is 0.836. The number of benzene rings is 1. The molecule has 0 amide bonds. The van der Waals surface area contributed by atoms with Crippen LogP contribution in [0.25, 0.3) is 11.3 Å². The number of rotatable bonds is 2. The largest absolute Gasteiger partial charge is 0.378 e. The molecule has 2 aromatic rings. The van der Waals surface area contributed by atoms with E-state index in [-0.39, 0.29) is 0 Å². The highest BCUT2D eigenvalue weighted by Gasteiger charge is 2.14. The van der Waals surface area contributed by atoms with Gasteiger partial charge in [-0.15, -0.1) is 0 Å². The number of morpholine rings is 1. The molecule has 0 atom stereocenters. The highest BCUT2D eigenvalue weighted by Crippen LogP contribution is 2.24. The Morgan fingerprint density at radius 1 is 1.00 bits per heavy atom. The third kappa shape index (κ3) is 2.83. The number of aromatic nitrogens is 1. The Morgan fingerprint density at radius 3 is 2.55 bits per heavy atom. The van der Waals surface area contributed by atoms with Crippen molar-refractivity contribution in [2.24, 2.45) is 0 Å². The fourth-order valence-electron chi connectivity index (χ4n) is 2.56. The van der Waals surface area contributed by atoms with Crippen LogP contribution in [0.4, 0.5) is 5.82 Å². The predicted molar refractivity (Wildman–Crippen MR) is 82.2 cm³/mol. The van der Waals surface area contributed by atoms with Crippen molar-refractivity contribution in [3.05, 3.63) is 47.5 Å². The lowest BCUT2D eigenvalue weighted by Gasteiger charge is -2.28. The minimum absolute atomic E-state index is 0.787. The zero-order chi connectivity index (χ0) is 13.9. The predicted octanol–water partition coefficient (Wildman–Crippen LogP) is 3.20. The molecule has 0 unspecified atom stereocenters. The molecule has 3 rings (SSSR count). The van der Waals surface area contributed by atoms with E-state index in [0.29, 0.717) is 0 Å². The van der Waals surface area contributed by atoms with E-state index >= 15 is 0 Å². The van der Waals surface area contributed by atoms with Crippen molar-refractivity contribution in [2.75, 3.05) is 31.2 Å². The molecule has 1 aromatic heterocycles. The second-order valence-electron chi connectivity index (χ2n) is 5.36. The van der Waals surface area contributed by atoms with Crippen LogP contribution in [0.2, 0.25) is 0 Å². The second kappa shape index (κ2) is 5.63. The van der Waals surface area contributed by atoms with Crippen LogP contribution in [-0.2, 0) is 4.74 Å². The molecule has 20 heavy (non-hydrogen) atoms. The van der Waals surface area contributed by atoms with Gasteiger partial charge in [-0.2, -0.15) is 0 Å². The summed E-state index contributed by atoms with van der Waals surface area (Å²) in [7, 11) is 0. The molecule has 1 aromatic carbocycles. The van der Waals surface area contributed by atoms with Crippen molar-refractivity contribution >= 4 is 5.82 Å². The number of nitrogens with zero attached hydrogens (tertiary/aromatic N) is 2. The van der Waals surface area contributed by atoms with Crippen LogP contribution in [0.15, 0.2) is 36.4 Å². The third-order valence-electron chi connectivity index (χ3n) is 3.61. The molecule has 1 aliphatic rings. The maximum atomic E-state index is 5.41. The summed E-state index contributed by atoms with van der Waals surface area (Å²) in [5.74, 6) is 1.06. The monoisotopic (exact) mass is 268 g/mol. The molecule has 0 N–H and O–H groups in total. The molecule has 0 spiro atoms. The number of hydrogen-bond acceptors (Lipinski definition) is 3. The number of hydrogen-bond donors (Lipinski definition) is 0. The van der Waals surface area contributed by atoms with Gasteiger partial charge in [0.15, 0.2) is 0 Å². The van der Waals surface area contributed by atoms with Gasteiger partial charge in [0.2, 0.25) is 0 Å². The average Bonchev–Trinajstić information content (AvgIpc) is 2.47. The van der Waals surface area contributed by atoms with E-state index in [4.69, 9.17) is 9.72 Å². The van der Waals surface area contributed by atoms with Gasteiger partial charge in [0.1, 0.15) is 5.82 Å². The Kier molecular flexibility index (Phi) is 3.70. The van der Waals surface area contributed by atoms with Crippen LogP contribution >= 0.6 is 0 Å². The first-order chi connectivity index (χ1) is 9.72. The fraction of sp³-hybridized carbons (Fsp3) is 0.353. The molecular weight excluding hydrogens is 248 g/mol. The Labute approximate surface area is 120 Å². The van der Waals surface area contributed by atoms with Crippen molar-refractivity contribution in [3.63, 3.8) is 0 Å². The van der Waals surface area contributed by atoms with Crippen LogP contribution in [0.5, 0.6) is 0 Å². The lowest BCUT2D eigenvalue weighted by Crippen LogP contribution is -2.36. The number of anilines is 1. The van der Waals surface area contributed by atoms with Crippen molar-refractivity contribution in [2.45, 2.75) is 13.8 Å². The highest BCUT2D eigenvalue weighted by atomic mass is 16.5. The molecule has 0 bridgehead atoms. The number of pyridine rings is 1. The van der Waals surface area contributed by atoms with E-state index < -0.39 is 0 Å². The second-order valence-corrected chi connectivity index (χ2v) is 5.36. The topological polar surface area (TPSA) is 25.4 Å². The average molecular weight is 268 g/mol. The molecule has 1 saturated heterocycles. The molecule has 1 aliphatic heterocycles. The summed E-state index contributed by atoms with van der Waals surface area (Å²) in [5, 5.41) is 0. The van der Waals surface area contributed by atoms with Crippen LogP contribution in [0, 0.1) is 13.8 Å². The van der Waals surface area contributed by atoms with Crippen LogP contribution < -0.4 is 4.90 Å². The van der Waals surface area contributed by atoms with Crippen molar-refractivity contribution in [1.82, 2.24) is 4.98 Å². The molecule has 0 aliphatic carbocycles. The maximum Gasteiger partial charge on any atom is 0.129 e. The minimum atomic E-state index is 0.787. The summed E-state index contributed by atoms with van der Waals surface area (Å²) < 4.78 is 5.41. The van der Waals surface area contributed by atoms with E-state index in [9.17, 15) is 0 Å². The summed E-state index contributed by atoms with van der Waals surface area (Å²) in [5.41, 5.74) is 4.75. The summed E-state index contributed by atoms with van der Waals surface area (Å²) in [6.45, 7) is 7.66. The van der Waals surface area contributed by atoms with Gasteiger partial charge in [-0.05, 0) is 37.6 Å². The Morgan fingerprint density at radius 2 is 1.80 bits per heavy atom. The Hall–Kier alpha value is -1.87. The van der Waals surface area contributed by atoms with Gasteiger partial charge in [-0.3, -0.25) is 0 Å². The Balaban J connectivity index is 1.97. The molecule has 3 heteroatoms. The zero-order valence-corrected chi connectivity index (χ0v) is 12.1. The molecule has 0 radical (unpaired) electrons. The number of aryl methyl sites for hydroxylation is 2. The normalized spacial score (nSPS) is 15.4. The van der Waals surface area contributed by atoms with E-state index in [1.165, 1.54) is 16.7 Å². The van der Waals surface area contributed by atoms with Gasteiger partial charge in [0.05, 0.1) is 18.9 Å². The molecule has 1 fully saturated rings. The maximum absolute atomic E-state index is 5.41. The first kappa shape index (κ1) is 13.1. The standard InChI is InChI=1S/C17H20N2O/c1-13-4-3-5-15(10-13)16-11-14(2)12-17(18-16)19-6-8-20-9-7-19/h3-5,10-12H,6-9H2,1-2H3. The van der Waals surface area contributed by atoms with E-state index in [1.54, 1.807) is 0 Å². The molecule has 104 valence electrons. The van der Waals surface area contributed by atoms with Crippen LogP contribution in [-0.4, -0.2) is 31.3 Å². The Bertz CT molecular complexity index is 604. The first-order valence-corrected chi connectivity index (χ1v) is 7.11. The smallest absolute Gasteiger partial charge is 0.129 e. The van der Waals surface area contributed by atoms with Gasteiger partial charge in [-0.25, -0.2) is 4.98 Å². The van der Waals surface area contributed by atoms with E-state index in [2.05, 4.69) is 55.1 Å². The van der Waals surface area contributed by atoms with Crippen molar-refractivity contribution < 1.29 is 4.74 Å². The van der Waals surface area contributed by atoms with Gasteiger partial charge in [0.25, 0.3) is 0 Å². The molecule has 3 nitrogen and oxygen atoms in total. The highest BCUT2D eigenvalue weighted by molar-refractivity contribution is 5.63. The van der Waals surface area contributed by atoms with Gasteiger partial charge < -0.3 is 9.64 Å². The molecule has 2 heterocycles.